The highest BCUT2D eigenvalue weighted by Crippen LogP contribution is 2.45. The molecule has 2 bridgehead atoms. The molecule has 4 aliphatic heterocycles. The Labute approximate surface area is 173 Å². The SMILES string of the molecule is O=C(Cc1ccc2c(c1)CCO2)N1CCCC2=C[C@H]3C[C@@H](CN4CCCC[C@@H]34)[C@@H]21. The maximum absolute atomic E-state index is 13.4. The maximum Gasteiger partial charge on any atom is 0.227 e. The number of rotatable bonds is 2. The molecule has 3 saturated heterocycles. The number of amides is 1. The van der Waals surface area contributed by atoms with Crippen LogP contribution < -0.4 is 4.74 Å². The summed E-state index contributed by atoms with van der Waals surface area (Å²) in [6, 6.07) is 7.45. The van der Waals surface area contributed by atoms with E-state index in [1.165, 1.54) is 50.8 Å². The molecular formula is C25H32N2O2. The molecule has 0 aromatic heterocycles. The molecule has 1 amide bonds. The summed E-state index contributed by atoms with van der Waals surface area (Å²) in [5, 5.41) is 0. The lowest BCUT2D eigenvalue weighted by atomic mass is 9.68. The predicted octanol–water partition coefficient (Wildman–Crippen LogP) is 3.59. The lowest BCUT2D eigenvalue weighted by molar-refractivity contribution is -0.135. The first-order chi connectivity index (χ1) is 14.3. The molecule has 6 rings (SSSR count). The Morgan fingerprint density at radius 3 is 3.07 bits per heavy atom. The van der Waals surface area contributed by atoms with Crippen molar-refractivity contribution >= 4 is 5.91 Å². The number of hydrogen-bond acceptors (Lipinski definition) is 3. The van der Waals surface area contributed by atoms with Crippen LogP contribution in [0.15, 0.2) is 29.8 Å². The second kappa shape index (κ2) is 7.16. The van der Waals surface area contributed by atoms with Crippen molar-refractivity contribution in [3.05, 3.63) is 41.0 Å². The molecule has 4 heterocycles. The molecule has 4 nitrogen and oxygen atoms in total. The molecule has 0 N–H and O–H groups in total. The highest BCUT2D eigenvalue weighted by atomic mass is 16.5. The number of carbonyl (C=O) groups is 1. The highest BCUT2D eigenvalue weighted by Gasteiger charge is 2.46. The Kier molecular flexibility index (Phi) is 4.44. The number of likely N-dealkylation sites (tertiary alicyclic amines) is 1. The van der Waals surface area contributed by atoms with Crippen molar-refractivity contribution in [3.63, 3.8) is 0 Å². The summed E-state index contributed by atoms with van der Waals surface area (Å²) in [6.45, 7) is 4.16. The van der Waals surface area contributed by atoms with Crippen molar-refractivity contribution in [2.75, 3.05) is 26.2 Å². The van der Waals surface area contributed by atoms with E-state index in [1.54, 1.807) is 5.57 Å². The average Bonchev–Trinajstić information content (AvgIpc) is 3.21. The lowest BCUT2D eigenvalue weighted by Crippen LogP contribution is -2.60. The minimum atomic E-state index is 0.318. The maximum atomic E-state index is 13.4. The van der Waals surface area contributed by atoms with E-state index < -0.39 is 0 Å². The van der Waals surface area contributed by atoms with Gasteiger partial charge in [-0.3, -0.25) is 9.69 Å². The van der Waals surface area contributed by atoms with Crippen LogP contribution in [0.2, 0.25) is 0 Å². The van der Waals surface area contributed by atoms with Gasteiger partial charge in [-0.05, 0) is 67.7 Å². The Hall–Kier alpha value is -1.81. The van der Waals surface area contributed by atoms with E-state index in [2.05, 4.69) is 34.1 Å². The van der Waals surface area contributed by atoms with Gasteiger partial charge in [-0.15, -0.1) is 0 Å². The zero-order valence-electron chi connectivity index (χ0n) is 17.3. The Balaban J connectivity index is 1.24. The largest absolute Gasteiger partial charge is 0.493 e. The quantitative estimate of drug-likeness (QED) is 0.721. The van der Waals surface area contributed by atoms with E-state index in [1.807, 2.05) is 0 Å². The van der Waals surface area contributed by atoms with Crippen molar-refractivity contribution < 1.29 is 9.53 Å². The lowest BCUT2D eigenvalue weighted by Gasteiger charge is -2.54. The van der Waals surface area contributed by atoms with Gasteiger partial charge in [0.25, 0.3) is 0 Å². The summed E-state index contributed by atoms with van der Waals surface area (Å²) >= 11 is 0. The van der Waals surface area contributed by atoms with Crippen LogP contribution in [0.3, 0.4) is 0 Å². The van der Waals surface area contributed by atoms with Crippen LogP contribution in [0.5, 0.6) is 5.75 Å². The van der Waals surface area contributed by atoms with Crippen LogP contribution >= 0.6 is 0 Å². The minimum absolute atomic E-state index is 0.318. The number of benzene rings is 1. The summed E-state index contributed by atoms with van der Waals surface area (Å²) in [6.07, 6.45) is 11.8. The molecule has 4 atom stereocenters. The van der Waals surface area contributed by atoms with Gasteiger partial charge in [-0.2, -0.15) is 0 Å². The monoisotopic (exact) mass is 392 g/mol. The Bertz CT molecular complexity index is 847. The molecule has 29 heavy (non-hydrogen) atoms. The summed E-state index contributed by atoms with van der Waals surface area (Å²) in [5.74, 6) is 2.68. The van der Waals surface area contributed by atoms with Crippen LogP contribution in [0.1, 0.15) is 49.7 Å². The van der Waals surface area contributed by atoms with E-state index in [-0.39, 0.29) is 0 Å². The van der Waals surface area contributed by atoms with E-state index in [9.17, 15) is 4.79 Å². The third-order valence-corrected chi connectivity index (χ3v) is 8.09. The smallest absolute Gasteiger partial charge is 0.227 e. The molecule has 154 valence electrons. The van der Waals surface area contributed by atoms with Gasteiger partial charge < -0.3 is 9.64 Å². The van der Waals surface area contributed by atoms with Crippen molar-refractivity contribution in [3.8, 4) is 5.75 Å². The molecule has 4 heteroatoms. The van der Waals surface area contributed by atoms with Crippen LogP contribution in [-0.4, -0.2) is 54.0 Å². The number of hydrogen-bond donors (Lipinski definition) is 0. The number of piperidine rings is 3. The summed E-state index contributed by atoms with van der Waals surface area (Å²) in [4.78, 5) is 18.4. The average molecular weight is 393 g/mol. The number of fused-ring (bicyclic) bond motifs is 7. The normalized spacial score (nSPS) is 33.2. The molecule has 3 fully saturated rings. The van der Waals surface area contributed by atoms with Crippen LogP contribution in [0.4, 0.5) is 0 Å². The van der Waals surface area contributed by atoms with Gasteiger partial charge >= 0.3 is 0 Å². The first-order valence-corrected chi connectivity index (χ1v) is 11.7. The number of nitrogens with zero attached hydrogens (tertiary/aromatic N) is 2. The van der Waals surface area contributed by atoms with Gasteiger partial charge in [0.05, 0.1) is 19.1 Å². The molecule has 1 aliphatic carbocycles. The van der Waals surface area contributed by atoms with E-state index >= 15 is 0 Å². The third-order valence-electron chi connectivity index (χ3n) is 8.09. The third kappa shape index (κ3) is 3.11. The summed E-state index contributed by atoms with van der Waals surface area (Å²) in [7, 11) is 0. The standard InChI is InChI=1S/C25H32N2O2/c28-24(13-17-6-7-23-18(12-17)8-11-29-23)27-10-3-4-19-14-20-15-21(25(19)27)16-26-9-2-1-5-22(20)26/h6-7,12,14,20-22,25H,1-5,8-11,13,15-16H2/t20-,21-,22-,25+/m0/s1. The Morgan fingerprint density at radius 2 is 2.10 bits per heavy atom. The van der Waals surface area contributed by atoms with Crippen molar-refractivity contribution in [2.24, 2.45) is 11.8 Å². The summed E-state index contributed by atoms with van der Waals surface area (Å²) in [5.41, 5.74) is 3.99. The van der Waals surface area contributed by atoms with Gasteiger partial charge in [0, 0.05) is 25.6 Å². The molecule has 0 saturated carbocycles. The molecule has 1 aromatic carbocycles. The molecule has 0 unspecified atom stereocenters. The van der Waals surface area contributed by atoms with Gasteiger partial charge in [-0.25, -0.2) is 0 Å². The van der Waals surface area contributed by atoms with Crippen molar-refractivity contribution in [1.82, 2.24) is 9.80 Å². The van der Waals surface area contributed by atoms with Gasteiger partial charge in [-0.1, -0.05) is 30.2 Å². The fourth-order valence-electron chi connectivity index (χ4n) is 6.88. The van der Waals surface area contributed by atoms with Crippen LogP contribution in [-0.2, 0) is 17.6 Å². The Morgan fingerprint density at radius 1 is 1.14 bits per heavy atom. The first kappa shape index (κ1) is 18.0. The first-order valence-electron chi connectivity index (χ1n) is 11.7. The van der Waals surface area contributed by atoms with E-state index in [0.29, 0.717) is 24.3 Å². The zero-order chi connectivity index (χ0) is 19.4. The van der Waals surface area contributed by atoms with Crippen molar-refractivity contribution in [2.45, 2.75) is 63.5 Å². The van der Waals surface area contributed by atoms with Crippen LogP contribution in [0.25, 0.3) is 0 Å². The van der Waals surface area contributed by atoms with Gasteiger partial charge in [0.2, 0.25) is 5.91 Å². The van der Waals surface area contributed by atoms with E-state index in [4.69, 9.17) is 4.74 Å². The number of ether oxygens (including phenoxy) is 1. The minimum Gasteiger partial charge on any atom is -0.493 e. The van der Waals surface area contributed by atoms with Gasteiger partial charge in [0.1, 0.15) is 5.75 Å². The number of carbonyl (C=O) groups excluding carboxylic acids is 1. The summed E-state index contributed by atoms with van der Waals surface area (Å²) < 4.78 is 5.63. The molecular weight excluding hydrogens is 360 g/mol. The highest BCUT2D eigenvalue weighted by molar-refractivity contribution is 5.80. The molecule has 0 radical (unpaired) electrons. The fraction of sp³-hybridized carbons (Fsp3) is 0.640. The predicted molar refractivity (Wildman–Crippen MR) is 113 cm³/mol. The van der Waals surface area contributed by atoms with E-state index in [0.717, 1.165) is 49.3 Å². The molecule has 0 spiro atoms. The topological polar surface area (TPSA) is 32.8 Å². The fourth-order valence-corrected chi connectivity index (χ4v) is 6.88. The zero-order valence-corrected chi connectivity index (χ0v) is 17.3. The van der Waals surface area contributed by atoms with Crippen molar-refractivity contribution in [1.29, 1.82) is 0 Å². The molecule has 1 aromatic rings. The second-order valence-corrected chi connectivity index (χ2v) is 9.81. The van der Waals surface area contributed by atoms with Gasteiger partial charge in [0.15, 0.2) is 0 Å². The second-order valence-electron chi connectivity index (χ2n) is 9.81. The molecule has 5 aliphatic rings. The van der Waals surface area contributed by atoms with Crippen LogP contribution in [0, 0.1) is 11.8 Å².